The molecule has 0 saturated carbocycles. The third kappa shape index (κ3) is 2.74. The molecule has 0 radical (unpaired) electrons. The summed E-state index contributed by atoms with van der Waals surface area (Å²) in [6.45, 7) is 1.14. The Labute approximate surface area is 85.7 Å². The van der Waals surface area contributed by atoms with E-state index in [4.69, 9.17) is 0 Å². The largest absolute Gasteiger partial charge is 0.370 e. The number of hydrogen-bond donors (Lipinski definition) is 2. The molecule has 1 heterocycles. The van der Waals surface area contributed by atoms with Crippen LogP contribution in [-0.4, -0.2) is 12.7 Å². The van der Waals surface area contributed by atoms with E-state index in [9.17, 15) is 0 Å². The van der Waals surface area contributed by atoms with Gasteiger partial charge in [0, 0.05) is 5.69 Å². The fourth-order valence-electron chi connectivity index (χ4n) is 1.89. The summed E-state index contributed by atoms with van der Waals surface area (Å²) < 4.78 is 0. The number of nitrogens with one attached hydrogen (secondary N) is 2. The minimum absolute atomic E-state index is 0.458. The van der Waals surface area contributed by atoms with Gasteiger partial charge in [-0.3, -0.25) is 5.32 Å². The first-order chi connectivity index (χ1) is 6.95. The lowest BCUT2D eigenvalue weighted by molar-refractivity contribution is 0.563. The maximum absolute atomic E-state index is 3.52. The van der Waals surface area contributed by atoms with Crippen LogP contribution in [0.5, 0.6) is 0 Å². The lowest BCUT2D eigenvalue weighted by Gasteiger charge is -2.18. The van der Waals surface area contributed by atoms with Crippen LogP contribution in [0.1, 0.15) is 25.7 Å². The molecule has 76 valence electrons. The number of para-hydroxylation sites is 1. The molecule has 1 saturated heterocycles. The van der Waals surface area contributed by atoms with Gasteiger partial charge in [-0.25, -0.2) is 0 Å². The minimum atomic E-state index is 0.458. The smallest absolute Gasteiger partial charge is 0.0768 e. The van der Waals surface area contributed by atoms with Crippen LogP contribution in [0.25, 0.3) is 0 Å². The van der Waals surface area contributed by atoms with Crippen LogP contribution in [0.4, 0.5) is 5.69 Å². The van der Waals surface area contributed by atoms with Gasteiger partial charge >= 0.3 is 0 Å². The van der Waals surface area contributed by atoms with Gasteiger partial charge in [-0.05, 0) is 31.5 Å². The third-order valence-corrected chi connectivity index (χ3v) is 2.67. The van der Waals surface area contributed by atoms with Gasteiger partial charge in [-0.15, -0.1) is 0 Å². The van der Waals surface area contributed by atoms with Crippen LogP contribution in [0.3, 0.4) is 0 Å². The van der Waals surface area contributed by atoms with Gasteiger partial charge in [0.25, 0.3) is 0 Å². The van der Waals surface area contributed by atoms with Crippen LogP contribution in [0.15, 0.2) is 30.3 Å². The Morgan fingerprint density at radius 2 is 1.93 bits per heavy atom. The second-order valence-corrected chi connectivity index (χ2v) is 3.87. The summed E-state index contributed by atoms with van der Waals surface area (Å²) >= 11 is 0. The van der Waals surface area contributed by atoms with Gasteiger partial charge in [0.15, 0.2) is 0 Å². The molecule has 1 aliphatic heterocycles. The highest BCUT2D eigenvalue weighted by Crippen LogP contribution is 2.12. The molecule has 14 heavy (non-hydrogen) atoms. The van der Waals surface area contributed by atoms with Crippen molar-refractivity contribution in [3.63, 3.8) is 0 Å². The van der Waals surface area contributed by atoms with Crippen molar-refractivity contribution in [2.45, 2.75) is 31.8 Å². The van der Waals surface area contributed by atoms with Crippen LogP contribution in [0.2, 0.25) is 0 Å². The number of anilines is 1. The van der Waals surface area contributed by atoms with Gasteiger partial charge < -0.3 is 5.32 Å². The highest BCUT2D eigenvalue weighted by Gasteiger charge is 2.09. The molecule has 0 bridgehead atoms. The van der Waals surface area contributed by atoms with Crippen molar-refractivity contribution in [3.05, 3.63) is 30.3 Å². The molecule has 2 nitrogen and oxygen atoms in total. The Balaban J connectivity index is 1.90. The lowest BCUT2D eigenvalue weighted by atomic mass is 10.2. The topological polar surface area (TPSA) is 24.1 Å². The highest BCUT2D eigenvalue weighted by atomic mass is 15.1. The molecule has 1 aromatic rings. The molecule has 0 aliphatic carbocycles. The quantitative estimate of drug-likeness (QED) is 0.749. The van der Waals surface area contributed by atoms with E-state index < -0.39 is 0 Å². The average molecular weight is 190 g/mol. The number of hydrogen-bond acceptors (Lipinski definition) is 2. The Bertz CT molecular complexity index is 250. The van der Waals surface area contributed by atoms with Gasteiger partial charge in [-0.1, -0.05) is 31.0 Å². The summed E-state index contributed by atoms with van der Waals surface area (Å²) in [6, 6.07) is 10.4. The van der Waals surface area contributed by atoms with E-state index in [1.54, 1.807) is 0 Å². The molecule has 2 heteroatoms. The minimum Gasteiger partial charge on any atom is -0.370 e. The normalized spacial score (nSPS) is 22.7. The molecule has 2 rings (SSSR count). The van der Waals surface area contributed by atoms with Crippen LogP contribution in [0, 0.1) is 0 Å². The molecule has 0 unspecified atom stereocenters. The monoisotopic (exact) mass is 190 g/mol. The maximum atomic E-state index is 3.52. The van der Waals surface area contributed by atoms with Gasteiger partial charge in [0.1, 0.15) is 0 Å². The van der Waals surface area contributed by atoms with Crippen molar-refractivity contribution in [1.82, 2.24) is 5.32 Å². The van der Waals surface area contributed by atoms with Crippen molar-refractivity contribution >= 4 is 5.69 Å². The van der Waals surface area contributed by atoms with E-state index in [0.717, 1.165) is 6.54 Å². The van der Waals surface area contributed by atoms with E-state index in [1.165, 1.54) is 31.4 Å². The average Bonchev–Trinajstić information content (AvgIpc) is 2.48. The maximum Gasteiger partial charge on any atom is 0.0768 e. The predicted molar refractivity (Wildman–Crippen MR) is 60.3 cm³/mol. The van der Waals surface area contributed by atoms with Crippen molar-refractivity contribution < 1.29 is 0 Å². The Kier molecular flexibility index (Phi) is 3.41. The zero-order valence-electron chi connectivity index (χ0n) is 8.50. The number of benzene rings is 1. The zero-order valence-corrected chi connectivity index (χ0v) is 8.50. The van der Waals surface area contributed by atoms with Gasteiger partial charge in [-0.2, -0.15) is 0 Å². The summed E-state index contributed by atoms with van der Waals surface area (Å²) in [5.74, 6) is 0. The summed E-state index contributed by atoms with van der Waals surface area (Å²) in [5.41, 5.74) is 1.21. The molecule has 1 aromatic carbocycles. The lowest BCUT2D eigenvalue weighted by Crippen LogP contribution is -2.35. The van der Waals surface area contributed by atoms with Crippen molar-refractivity contribution in [1.29, 1.82) is 0 Å². The van der Waals surface area contributed by atoms with E-state index in [0.29, 0.717) is 6.17 Å². The van der Waals surface area contributed by atoms with Crippen LogP contribution in [-0.2, 0) is 0 Å². The van der Waals surface area contributed by atoms with E-state index >= 15 is 0 Å². The standard InChI is InChI=1S/C12H18N2/c1-3-7-11(8-4-1)14-12-9-5-2-6-10-13-12/h1,3-4,7-8,12-14H,2,5-6,9-10H2/t12-/m1/s1. The fraction of sp³-hybridized carbons (Fsp3) is 0.500. The van der Waals surface area contributed by atoms with Crippen LogP contribution >= 0.6 is 0 Å². The van der Waals surface area contributed by atoms with E-state index in [-0.39, 0.29) is 0 Å². The van der Waals surface area contributed by atoms with E-state index in [1.807, 2.05) is 6.07 Å². The Morgan fingerprint density at radius 1 is 1.07 bits per heavy atom. The SMILES string of the molecule is c1ccc(N[C@@H]2CCCCCN2)cc1. The molecule has 1 fully saturated rings. The zero-order chi connectivity index (χ0) is 9.64. The summed E-state index contributed by atoms with van der Waals surface area (Å²) in [4.78, 5) is 0. The van der Waals surface area contributed by atoms with Crippen LogP contribution < -0.4 is 10.6 Å². The van der Waals surface area contributed by atoms with Gasteiger partial charge in [0.2, 0.25) is 0 Å². The van der Waals surface area contributed by atoms with Crippen molar-refractivity contribution in [3.8, 4) is 0 Å². The van der Waals surface area contributed by atoms with Crippen molar-refractivity contribution in [2.75, 3.05) is 11.9 Å². The molecule has 1 atom stereocenters. The molecule has 1 aliphatic rings. The molecular formula is C12H18N2. The second-order valence-electron chi connectivity index (χ2n) is 3.87. The van der Waals surface area contributed by atoms with E-state index in [2.05, 4.69) is 34.9 Å². The number of rotatable bonds is 2. The first-order valence-corrected chi connectivity index (χ1v) is 5.50. The summed E-state index contributed by atoms with van der Waals surface area (Å²) in [5, 5.41) is 7.03. The highest BCUT2D eigenvalue weighted by molar-refractivity contribution is 5.43. The second kappa shape index (κ2) is 5.01. The molecule has 0 aromatic heterocycles. The fourth-order valence-corrected chi connectivity index (χ4v) is 1.89. The third-order valence-electron chi connectivity index (χ3n) is 2.67. The Hall–Kier alpha value is -1.02. The van der Waals surface area contributed by atoms with Crippen molar-refractivity contribution in [2.24, 2.45) is 0 Å². The molecule has 0 spiro atoms. The first-order valence-electron chi connectivity index (χ1n) is 5.50. The van der Waals surface area contributed by atoms with Gasteiger partial charge in [0.05, 0.1) is 6.17 Å². The molecule has 0 amide bonds. The molecule has 2 N–H and O–H groups in total. The Morgan fingerprint density at radius 3 is 2.79 bits per heavy atom. The summed E-state index contributed by atoms with van der Waals surface area (Å²) in [7, 11) is 0. The predicted octanol–water partition coefficient (Wildman–Crippen LogP) is 2.59. The first kappa shape index (κ1) is 9.53. The summed E-state index contributed by atoms with van der Waals surface area (Å²) in [6.07, 6.45) is 5.69. The molecular weight excluding hydrogens is 172 g/mol.